The van der Waals surface area contributed by atoms with E-state index in [0.29, 0.717) is 30.1 Å². The van der Waals surface area contributed by atoms with E-state index in [0.717, 1.165) is 55.6 Å². The molecule has 0 aliphatic carbocycles. The van der Waals surface area contributed by atoms with Crippen LogP contribution in [0.25, 0.3) is 0 Å². The molecule has 0 heterocycles. The molecule has 0 unspecified atom stereocenters. The lowest BCUT2D eigenvalue weighted by atomic mass is 9.77. The number of aryl methyl sites for hydroxylation is 2. The first kappa shape index (κ1) is 29.6. The van der Waals surface area contributed by atoms with Gasteiger partial charge in [-0.05, 0) is 99.1 Å². The SMILES string of the molecule is Cc1cc(Cc2c(C)cc(Cc3cc(C(C)(C)C)c(O)c(C(C)(C)C)c3)c(O)c2C)cc(C(C)(C)C)c1O. The Hall–Kier alpha value is -2.94. The van der Waals surface area contributed by atoms with E-state index in [4.69, 9.17) is 0 Å². The molecule has 0 spiro atoms. The highest BCUT2D eigenvalue weighted by molar-refractivity contribution is 5.55. The van der Waals surface area contributed by atoms with Crippen LogP contribution in [0.5, 0.6) is 17.2 Å². The van der Waals surface area contributed by atoms with Gasteiger partial charge in [0.05, 0.1) is 0 Å². The normalized spacial score (nSPS) is 12.7. The molecule has 3 rings (SSSR count). The van der Waals surface area contributed by atoms with Crippen LogP contribution in [-0.4, -0.2) is 15.3 Å². The Kier molecular flexibility index (Phi) is 7.78. The van der Waals surface area contributed by atoms with Gasteiger partial charge in [-0.1, -0.05) is 92.6 Å². The Bertz CT molecular complexity index is 1320. The Balaban J connectivity index is 2.07. The maximum absolute atomic E-state index is 11.3. The molecular formula is C35H48O3. The first-order chi connectivity index (χ1) is 17.2. The number of hydrogen-bond acceptors (Lipinski definition) is 3. The van der Waals surface area contributed by atoms with Crippen LogP contribution in [0.1, 0.15) is 118 Å². The standard InChI is InChI=1S/C35H48O3/c1-20-14-25(15-24-18-28(34(7,8)9)32(38)29(19-24)35(10,11)12)31(37)22(3)26(20)16-23-13-21(2)30(36)27(17-23)33(4,5)6/h13-14,17-19,36-38H,15-16H2,1-12H3. The quantitative estimate of drug-likeness (QED) is 0.325. The minimum absolute atomic E-state index is 0.164. The number of rotatable bonds is 4. The fourth-order valence-corrected chi connectivity index (χ4v) is 5.39. The average Bonchev–Trinajstić information content (AvgIpc) is 2.75. The van der Waals surface area contributed by atoms with E-state index < -0.39 is 0 Å². The highest BCUT2D eigenvalue weighted by Crippen LogP contribution is 2.41. The molecule has 0 aliphatic rings. The van der Waals surface area contributed by atoms with Crippen LogP contribution >= 0.6 is 0 Å². The lowest BCUT2D eigenvalue weighted by Crippen LogP contribution is -2.18. The third-order valence-electron chi connectivity index (χ3n) is 7.71. The third kappa shape index (κ3) is 6.03. The molecule has 3 heteroatoms. The first-order valence-electron chi connectivity index (χ1n) is 13.7. The number of aromatic hydroxyl groups is 3. The number of hydrogen-bond donors (Lipinski definition) is 3. The van der Waals surface area contributed by atoms with Crippen molar-refractivity contribution in [3.8, 4) is 17.2 Å². The van der Waals surface area contributed by atoms with Crippen molar-refractivity contribution in [3.63, 3.8) is 0 Å². The van der Waals surface area contributed by atoms with Crippen LogP contribution in [0.3, 0.4) is 0 Å². The van der Waals surface area contributed by atoms with Gasteiger partial charge in [0, 0.05) is 6.42 Å². The highest BCUT2D eigenvalue weighted by Gasteiger charge is 2.27. The number of phenolic OH excluding ortho intramolecular Hbond substituents is 3. The fourth-order valence-electron chi connectivity index (χ4n) is 5.39. The van der Waals surface area contributed by atoms with E-state index in [-0.39, 0.29) is 16.2 Å². The van der Waals surface area contributed by atoms with Crippen molar-refractivity contribution in [2.24, 2.45) is 0 Å². The summed E-state index contributed by atoms with van der Waals surface area (Å²) in [5, 5.41) is 33.1. The van der Waals surface area contributed by atoms with E-state index >= 15 is 0 Å². The summed E-state index contributed by atoms with van der Waals surface area (Å²) in [6.45, 7) is 25.1. The topological polar surface area (TPSA) is 60.7 Å². The van der Waals surface area contributed by atoms with E-state index in [1.807, 2.05) is 19.9 Å². The van der Waals surface area contributed by atoms with Gasteiger partial charge in [-0.25, -0.2) is 0 Å². The smallest absolute Gasteiger partial charge is 0.123 e. The summed E-state index contributed by atoms with van der Waals surface area (Å²) in [5.41, 5.74) is 9.39. The monoisotopic (exact) mass is 516 g/mol. The minimum atomic E-state index is -0.202. The van der Waals surface area contributed by atoms with E-state index in [2.05, 4.69) is 93.5 Å². The molecule has 0 fully saturated rings. The fraction of sp³-hybridized carbons (Fsp3) is 0.486. The molecular weight excluding hydrogens is 468 g/mol. The Morgan fingerprint density at radius 3 is 1.37 bits per heavy atom. The zero-order chi connectivity index (χ0) is 29.0. The zero-order valence-corrected chi connectivity index (χ0v) is 25.6. The minimum Gasteiger partial charge on any atom is -0.507 e. The second-order valence-electron chi connectivity index (χ2n) is 14.3. The molecule has 206 valence electrons. The van der Waals surface area contributed by atoms with Crippen LogP contribution in [-0.2, 0) is 29.1 Å². The molecule has 3 nitrogen and oxygen atoms in total. The van der Waals surface area contributed by atoms with Crippen molar-refractivity contribution in [1.29, 1.82) is 0 Å². The average molecular weight is 517 g/mol. The number of phenols is 3. The highest BCUT2D eigenvalue weighted by atomic mass is 16.3. The largest absolute Gasteiger partial charge is 0.507 e. The number of benzene rings is 3. The molecule has 0 bridgehead atoms. The molecule has 0 amide bonds. The summed E-state index contributed by atoms with van der Waals surface area (Å²) in [6.07, 6.45) is 1.28. The third-order valence-corrected chi connectivity index (χ3v) is 7.71. The Morgan fingerprint density at radius 1 is 0.500 bits per heavy atom. The lowest BCUT2D eigenvalue weighted by Gasteiger charge is -2.28. The van der Waals surface area contributed by atoms with Crippen molar-refractivity contribution >= 4 is 0 Å². The first-order valence-corrected chi connectivity index (χ1v) is 13.7. The molecule has 3 aromatic carbocycles. The van der Waals surface area contributed by atoms with Crippen LogP contribution in [0.2, 0.25) is 0 Å². The van der Waals surface area contributed by atoms with E-state index in [9.17, 15) is 15.3 Å². The van der Waals surface area contributed by atoms with Crippen molar-refractivity contribution < 1.29 is 15.3 Å². The van der Waals surface area contributed by atoms with E-state index in [1.165, 1.54) is 0 Å². The van der Waals surface area contributed by atoms with Gasteiger partial charge in [-0.2, -0.15) is 0 Å². The predicted molar refractivity (Wildman–Crippen MR) is 160 cm³/mol. The molecule has 3 N–H and O–H groups in total. The summed E-state index contributed by atoms with van der Waals surface area (Å²) in [5.74, 6) is 1.07. The van der Waals surface area contributed by atoms with Gasteiger partial charge in [-0.15, -0.1) is 0 Å². The molecule has 0 saturated heterocycles. The van der Waals surface area contributed by atoms with Crippen molar-refractivity contribution in [3.05, 3.63) is 86.0 Å². The lowest BCUT2D eigenvalue weighted by molar-refractivity contribution is 0.422. The second-order valence-corrected chi connectivity index (χ2v) is 14.3. The van der Waals surface area contributed by atoms with Gasteiger partial charge in [0.1, 0.15) is 17.2 Å². The molecule has 0 atom stereocenters. The van der Waals surface area contributed by atoms with Gasteiger partial charge in [-0.3, -0.25) is 0 Å². The van der Waals surface area contributed by atoms with Crippen LogP contribution in [0, 0.1) is 20.8 Å². The Morgan fingerprint density at radius 2 is 0.921 bits per heavy atom. The Labute approximate surface area is 230 Å². The summed E-state index contributed by atoms with van der Waals surface area (Å²) in [7, 11) is 0. The van der Waals surface area contributed by atoms with Gasteiger partial charge in [0.25, 0.3) is 0 Å². The van der Waals surface area contributed by atoms with Gasteiger partial charge < -0.3 is 15.3 Å². The second kappa shape index (κ2) is 9.98. The molecule has 3 aromatic rings. The van der Waals surface area contributed by atoms with Crippen LogP contribution in [0.15, 0.2) is 30.3 Å². The van der Waals surface area contributed by atoms with Crippen molar-refractivity contribution in [1.82, 2.24) is 0 Å². The zero-order valence-electron chi connectivity index (χ0n) is 25.6. The summed E-state index contributed by atoms with van der Waals surface area (Å²) < 4.78 is 0. The van der Waals surface area contributed by atoms with Gasteiger partial charge >= 0.3 is 0 Å². The van der Waals surface area contributed by atoms with Crippen LogP contribution < -0.4 is 0 Å². The predicted octanol–water partition coefficient (Wildman–Crippen LogP) is 8.80. The molecule has 0 radical (unpaired) electrons. The van der Waals surface area contributed by atoms with E-state index in [1.54, 1.807) is 0 Å². The van der Waals surface area contributed by atoms with Crippen molar-refractivity contribution in [2.45, 2.75) is 112 Å². The summed E-state index contributed by atoms with van der Waals surface area (Å²) >= 11 is 0. The molecule has 0 aromatic heterocycles. The summed E-state index contributed by atoms with van der Waals surface area (Å²) in [4.78, 5) is 0. The van der Waals surface area contributed by atoms with Gasteiger partial charge in [0.2, 0.25) is 0 Å². The maximum atomic E-state index is 11.3. The molecule has 0 aliphatic heterocycles. The summed E-state index contributed by atoms with van der Waals surface area (Å²) in [6, 6.07) is 10.4. The molecule has 38 heavy (non-hydrogen) atoms. The van der Waals surface area contributed by atoms with Gasteiger partial charge in [0.15, 0.2) is 0 Å². The van der Waals surface area contributed by atoms with Crippen molar-refractivity contribution in [2.75, 3.05) is 0 Å². The van der Waals surface area contributed by atoms with Crippen LogP contribution in [0.4, 0.5) is 0 Å². The molecule has 0 saturated carbocycles. The maximum Gasteiger partial charge on any atom is 0.123 e.